The zero-order valence-electron chi connectivity index (χ0n) is 11.2. The molecule has 0 spiro atoms. The number of rotatable bonds is 4. The highest BCUT2D eigenvalue weighted by atomic mass is 16.6. The zero-order chi connectivity index (χ0) is 18.2. The van der Waals surface area contributed by atoms with Crippen molar-refractivity contribution in [2.24, 2.45) is 0 Å². The van der Waals surface area contributed by atoms with E-state index in [1.54, 1.807) is 10.6 Å². The van der Waals surface area contributed by atoms with Crippen molar-refractivity contribution in [2.45, 2.75) is 5.92 Å². The molecule has 4 amide bonds. The van der Waals surface area contributed by atoms with Crippen molar-refractivity contribution < 1.29 is 29.2 Å². The first-order valence-corrected chi connectivity index (χ1v) is 5.90. The summed E-state index contributed by atoms with van der Waals surface area (Å²) in [6.45, 7) is 0. The molecule has 0 bridgehead atoms. The highest BCUT2D eigenvalue weighted by Gasteiger charge is 2.45. The lowest BCUT2D eigenvalue weighted by Gasteiger charge is -2.20. The van der Waals surface area contributed by atoms with Crippen molar-refractivity contribution in [3.05, 3.63) is 48.0 Å². The van der Waals surface area contributed by atoms with Crippen molar-refractivity contribution in [1.82, 2.24) is 10.6 Å². The molecule has 0 aromatic heterocycles. The van der Waals surface area contributed by atoms with Crippen molar-refractivity contribution in [3.8, 4) is 0 Å². The average molecular weight is 339 g/mol. The normalized spacial score (nSPS) is 14.8. The summed E-state index contributed by atoms with van der Waals surface area (Å²) in [6.07, 6.45) is 0. The molecule has 0 saturated carbocycles. The lowest BCUT2D eigenvalue weighted by molar-refractivity contribution is -0.404. The summed E-state index contributed by atoms with van der Waals surface area (Å²) in [5.74, 6) is -4.75. The third-order valence-electron chi connectivity index (χ3n) is 3.01. The second kappa shape index (κ2) is 5.67. The molecule has 2 rings (SSSR count). The number of hydrogen-bond donors (Lipinski definition) is 2. The molecule has 1 fully saturated rings. The number of hydrogen-bond acceptors (Lipinski definition) is 9. The van der Waals surface area contributed by atoms with Gasteiger partial charge in [-0.1, -0.05) is 0 Å². The summed E-state index contributed by atoms with van der Waals surface area (Å²) in [4.78, 5) is 64.1. The van der Waals surface area contributed by atoms with E-state index in [0.717, 1.165) is 0 Å². The maximum atomic E-state index is 11.8. The number of nitro benzene ring substituents is 3. The number of amides is 4. The highest BCUT2D eigenvalue weighted by Crippen LogP contribution is 2.39. The molecule has 0 aliphatic carbocycles. The van der Waals surface area contributed by atoms with Gasteiger partial charge in [0, 0.05) is 0 Å². The Morgan fingerprint density at radius 1 is 0.792 bits per heavy atom. The molecule has 1 aliphatic rings. The van der Waals surface area contributed by atoms with Crippen LogP contribution in [-0.2, 0) is 9.59 Å². The molecule has 1 heterocycles. The van der Waals surface area contributed by atoms with Crippen LogP contribution in [-0.4, -0.2) is 32.6 Å². The molecule has 24 heavy (non-hydrogen) atoms. The number of carbonyl (C=O) groups excluding carboxylic acids is 3. The number of non-ortho nitro benzene ring substituents is 1. The molecule has 1 aromatic rings. The van der Waals surface area contributed by atoms with Gasteiger partial charge in [-0.25, -0.2) is 4.79 Å². The summed E-state index contributed by atoms with van der Waals surface area (Å²) < 4.78 is 0. The van der Waals surface area contributed by atoms with Gasteiger partial charge in [-0.15, -0.1) is 0 Å². The highest BCUT2D eigenvalue weighted by molar-refractivity contribution is 6.20. The minimum Gasteiger partial charge on any atom is -0.277 e. The van der Waals surface area contributed by atoms with Crippen LogP contribution in [0, 0.1) is 30.3 Å². The number of carbonyl (C=O) groups is 3. The van der Waals surface area contributed by atoms with E-state index in [2.05, 4.69) is 0 Å². The standard InChI is InChI=1S/C10H5N5O9/c16-8-7(9(17)12-10(18)11-8)6-4(14(21)22)1-3(13(19)20)2-5(6)15(23)24/h1-2,7H,(H2,11,12,16,17,18). The van der Waals surface area contributed by atoms with E-state index < -0.39 is 61.2 Å². The van der Waals surface area contributed by atoms with Crippen LogP contribution in [0.15, 0.2) is 12.1 Å². The van der Waals surface area contributed by atoms with E-state index in [1.807, 2.05) is 0 Å². The van der Waals surface area contributed by atoms with Gasteiger partial charge >= 0.3 is 6.03 Å². The van der Waals surface area contributed by atoms with Crippen molar-refractivity contribution >= 4 is 34.9 Å². The first kappa shape index (κ1) is 16.4. The van der Waals surface area contributed by atoms with E-state index in [1.165, 1.54) is 0 Å². The number of nitrogens with one attached hydrogen (secondary N) is 2. The number of imide groups is 2. The van der Waals surface area contributed by atoms with Crippen molar-refractivity contribution in [3.63, 3.8) is 0 Å². The fourth-order valence-corrected chi connectivity index (χ4v) is 2.09. The Labute approximate surface area is 129 Å². The van der Waals surface area contributed by atoms with Crippen LogP contribution in [0.5, 0.6) is 0 Å². The van der Waals surface area contributed by atoms with Crippen LogP contribution in [0.3, 0.4) is 0 Å². The van der Waals surface area contributed by atoms with Gasteiger partial charge in [0.15, 0.2) is 5.92 Å². The third kappa shape index (κ3) is 2.70. The molecule has 1 aliphatic heterocycles. The van der Waals surface area contributed by atoms with Crippen LogP contribution in [0.1, 0.15) is 11.5 Å². The van der Waals surface area contributed by atoms with Gasteiger partial charge < -0.3 is 0 Å². The Morgan fingerprint density at radius 3 is 1.54 bits per heavy atom. The third-order valence-corrected chi connectivity index (χ3v) is 3.01. The van der Waals surface area contributed by atoms with Crippen molar-refractivity contribution in [1.29, 1.82) is 0 Å². The summed E-state index contributed by atoms with van der Waals surface area (Å²) >= 11 is 0. The predicted octanol–water partition coefficient (Wildman–Crippen LogP) is -0.139. The van der Waals surface area contributed by atoms with Crippen LogP contribution in [0.2, 0.25) is 0 Å². The number of urea groups is 1. The summed E-state index contributed by atoms with van der Waals surface area (Å²) in [5.41, 5.74) is -4.26. The molecular formula is C10H5N5O9. The average Bonchev–Trinajstić information content (AvgIpc) is 2.45. The minimum atomic E-state index is -2.09. The molecule has 0 unspecified atom stereocenters. The fourth-order valence-electron chi connectivity index (χ4n) is 2.09. The Bertz CT molecular complexity index is 777. The number of nitrogens with zero attached hydrogens (tertiary/aromatic N) is 3. The Morgan fingerprint density at radius 2 is 1.21 bits per heavy atom. The molecule has 0 atom stereocenters. The topological polar surface area (TPSA) is 205 Å². The molecular weight excluding hydrogens is 334 g/mol. The minimum absolute atomic E-state index is 0.388. The fraction of sp³-hybridized carbons (Fsp3) is 0.100. The molecule has 1 aromatic carbocycles. The van der Waals surface area contributed by atoms with E-state index >= 15 is 0 Å². The second-order valence-corrected chi connectivity index (χ2v) is 4.41. The first-order chi connectivity index (χ1) is 11.1. The second-order valence-electron chi connectivity index (χ2n) is 4.41. The van der Waals surface area contributed by atoms with Gasteiger partial charge in [0.2, 0.25) is 11.8 Å². The number of benzene rings is 1. The molecule has 14 nitrogen and oxygen atoms in total. The maximum absolute atomic E-state index is 11.8. The summed E-state index contributed by atoms with van der Waals surface area (Å²) in [7, 11) is 0. The Balaban J connectivity index is 2.80. The van der Waals surface area contributed by atoms with Crippen molar-refractivity contribution in [2.75, 3.05) is 0 Å². The molecule has 1 saturated heterocycles. The van der Waals surface area contributed by atoms with Gasteiger partial charge in [-0.2, -0.15) is 0 Å². The molecule has 2 N–H and O–H groups in total. The van der Waals surface area contributed by atoms with Crippen LogP contribution >= 0.6 is 0 Å². The van der Waals surface area contributed by atoms with Crippen LogP contribution in [0.4, 0.5) is 21.9 Å². The first-order valence-electron chi connectivity index (χ1n) is 5.90. The predicted molar refractivity (Wildman–Crippen MR) is 70.8 cm³/mol. The summed E-state index contributed by atoms with van der Waals surface area (Å²) in [6, 6.07) is -0.424. The summed E-state index contributed by atoms with van der Waals surface area (Å²) in [5, 5.41) is 36.3. The van der Waals surface area contributed by atoms with E-state index in [9.17, 15) is 44.7 Å². The van der Waals surface area contributed by atoms with Crippen LogP contribution < -0.4 is 10.6 Å². The SMILES string of the molecule is O=C1NC(=O)C(c2c([N+](=O)[O-])cc([N+](=O)[O-])cc2[N+](=O)[O-])C(=O)N1. The monoisotopic (exact) mass is 339 g/mol. The van der Waals surface area contributed by atoms with Gasteiger partial charge in [0.1, 0.15) is 5.56 Å². The molecule has 0 radical (unpaired) electrons. The smallest absolute Gasteiger partial charge is 0.277 e. The van der Waals surface area contributed by atoms with E-state index in [-0.39, 0.29) is 0 Å². The van der Waals surface area contributed by atoms with Gasteiger partial charge in [0.25, 0.3) is 17.1 Å². The Hall–Kier alpha value is -3.97. The van der Waals surface area contributed by atoms with Gasteiger partial charge in [-0.3, -0.25) is 50.6 Å². The van der Waals surface area contributed by atoms with E-state index in [0.29, 0.717) is 12.1 Å². The van der Waals surface area contributed by atoms with Gasteiger partial charge in [0.05, 0.1) is 26.9 Å². The lowest BCUT2D eigenvalue weighted by Crippen LogP contribution is -2.54. The maximum Gasteiger partial charge on any atom is 0.328 e. The van der Waals surface area contributed by atoms with Crippen LogP contribution in [0.25, 0.3) is 0 Å². The molecule has 124 valence electrons. The number of barbiturate groups is 1. The lowest BCUT2D eigenvalue weighted by atomic mass is 9.92. The number of nitro groups is 3. The Kier molecular flexibility index (Phi) is 3.88. The quantitative estimate of drug-likeness (QED) is 0.424. The molecule has 14 heteroatoms. The largest absolute Gasteiger partial charge is 0.328 e. The van der Waals surface area contributed by atoms with E-state index in [4.69, 9.17) is 0 Å². The van der Waals surface area contributed by atoms with Gasteiger partial charge in [-0.05, 0) is 0 Å². The zero-order valence-corrected chi connectivity index (χ0v) is 11.2.